The van der Waals surface area contributed by atoms with Crippen LogP contribution in [0.4, 0.5) is 0 Å². The molecule has 0 radical (unpaired) electrons. The predicted molar refractivity (Wildman–Crippen MR) is 52.1 cm³/mol. The Hall–Kier alpha value is -0.610. The van der Waals surface area contributed by atoms with Crippen molar-refractivity contribution in [2.45, 2.75) is 31.7 Å². The second-order valence-electron chi connectivity index (χ2n) is 3.70. The van der Waals surface area contributed by atoms with Gasteiger partial charge in [-0.15, -0.1) is 0 Å². The normalized spacial score (nSPS) is 20.4. The van der Waals surface area contributed by atoms with Crippen LogP contribution in [0, 0.1) is 0 Å². The van der Waals surface area contributed by atoms with Gasteiger partial charge < -0.3 is 16.4 Å². The number of nitrogens with two attached hydrogens (primary N) is 2. The Morgan fingerprint density at radius 3 is 2.54 bits per heavy atom. The van der Waals surface area contributed by atoms with Crippen molar-refractivity contribution in [2.75, 3.05) is 19.6 Å². The van der Waals surface area contributed by atoms with E-state index >= 15 is 0 Å². The summed E-state index contributed by atoms with van der Waals surface area (Å²) in [6.45, 7) is 3.46. The highest BCUT2D eigenvalue weighted by molar-refractivity contribution is 5.79. The van der Waals surface area contributed by atoms with Crippen LogP contribution in [0.2, 0.25) is 0 Å². The van der Waals surface area contributed by atoms with E-state index in [1.165, 1.54) is 25.9 Å². The lowest BCUT2D eigenvalue weighted by Gasteiger charge is -2.15. The molecule has 13 heavy (non-hydrogen) atoms. The number of primary amides is 1. The summed E-state index contributed by atoms with van der Waals surface area (Å²) in [6, 6.07) is -0.456. The third kappa shape index (κ3) is 3.74. The minimum Gasteiger partial charge on any atom is -0.368 e. The molecule has 0 aromatic carbocycles. The fourth-order valence-corrected chi connectivity index (χ4v) is 1.68. The largest absolute Gasteiger partial charge is 0.368 e. The van der Waals surface area contributed by atoms with Crippen LogP contribution in [0.15, 0.2) is 0 Å². The Kier molecular flexibility index (Phi) is 4.18. The fourth-order valence-electron chi connectivity index (χ4n) is 1.68. The van der Waals surface area contributed by atoms with Gasteiger partial charge in [0.25, 0.3) is 0 Å². The number of likely N-dealkylation sites (tertiary alicyclic amines) is 1. The Balaban J connectivity index is 2.02. The van der Waals surface area contributed by atoms with Gasteiger partial charge in [-0.25, -0.2) is 0 Å². The van der Waals surface area contributed by atoms with Gasteiger partial charge >= 0.3 is 0 Å². The third-order valence-electron chi connectivity index (χ3n) is 2.55. The molecule has 4 nitrogen and oxygen atoms in total. The van der Waals surface area contributed by atoms with E-state index < -0.39 is 6.04 Å². The highest BCUT2D eigenvalue weighted by Gasteiger charge is 2.13. The molecule has 0 aromatic rings. The van der Waals surface area contributed by atoms with Crippen LogP contribution in [0.1, 0.15) is 25.7 Å². The molecule has 0 aliphatic carbocycles. The summed E-state index contributed by atoms with van der Waals surface area (Å²) in [6.07, 6.45) is 4.31. The summed E-state index contributed by atoms with van der Waals surface area (Å²) >= 11 is 0. The van der Waals surface area contributed by atoms with Gasteiger partial charge in [0, 0.05) is 0 Å². The predicted octanol–water partition coefficient (Wildman–Crippen LogP) is -0.325. The molecule has 1 fully saturated rings. The zero-order valence-corrected chi connectivity index (χ0v) is 8.04. The molecule has 0 bridgehead atoms. The summed E-state index contributed by atoms with van der Waals surface area (Å²) in [5.41, 5.74) is 10.6. The van der Waals surface area contributed by atoms with Crippen molar-refractivity contribution < 1.29 is 4.79 Å². The summed E-state index contributed by atoms with van der Waals surface area (Å²) in [5.74, 6) is -0.388. The number of rotatable bonds is 5. The maximum absolute atomic E-state index is 10.6. The number of carbonyl (C=O) groups excluding carboxylic acids is 1. The van der Waals surface area contributed by atoms with Crippen molar-refractivity contribution >= 4 is 5.91 Å². The molecule has 4 heteroatoms. The van der Waals surface area contributed by atoms with Gasteiger partial charge in [-0.05, 0) is 45.3 Å². The fraction of sp³-hybridized carbons (Fsp3) is 0.889. The van der Waals surface area contributed by atoms with Gasteiger partial charge in [-0.2, -0.15) is 0 Å². The number of amides is 1. The first-order valence-electron chi connectivity index (χ1n) is 4.97. The van der Waals surface area contributed by atoms with Crippen molar-refractivity contribution in [1.82, 2.24) is 4.90 Å². The lowest BCUT2D eigenvalue weighted by molar-refractivity contribution is -0.119. The Bertz CT molecular complexity index is 166. The second-order valence-corrected chi connectivity index (χ2v) is 3.70. The third-order valence-corrected chi connectivity index (χ3v) is 2.55. The topological polar surface area (TPSA) is 72.3 Å². The molecule has 4 N–H and O–H groups in total. The van der Waals surface area contributed by atoms with Crippen LogP contribution < -0.4 is 11.5 Å². The molecular formula is C9H19N3O. The first-order chi connectivity index (χ1) is 6.20. The molecule has 1 amide bonds. The van der Waals surface area contributed by atoms with Crippen molar-refractivity contribution in [3.05, 3.63) is 0 Å². The molecule has 1 heterocycles. The Labute approximate surface area is 79.3 Å². The smallest absolute Gasteiger partial charge is 0.234 e. The van der Waals surface area contributed by atoms with Crippen molar-refractivity contribution in [1.29, 1.82) is 0 Å². The number of hydrogen-bond donors (Lipinski definition) is 2. The van der Waals surface area contributed by atoms with Gasteiger partial charge in [0.05, 0.1) is 6.04 Å². The van der Waals surface area contributed by atoms with Gasteiger partial charge in [-0.3, -0.25) is 4.79 Å². The molecule has 1 aliphatic rings. The van der Waals surface area contributed by atoms with Gasteiger partial charge in [0.2, 0.25) is 5.91 Å². The van der Waals surface area contributed by atoms with E-state index in [1.807, 2.05) is 0 Å². The van der Waals surface area contributed by atoms with Crippen LogP contribution >= 0.6 is 0 Å². The van der Waals surface area contributed by atoms with Crippen LogP contribution in [0.5, 0.6) is 0 Å². The quantitative estimate of drug-likeness (QED) is 0.616. The van der Waals surface area contributed by atoms with Crippen LogP contribution in [-0.4, -0.2) is 36.5 Å². The summed E-state index contributed by atoms with van der Waals surface area (Å²) in [5, 5.41) is 0. The molecular weight excluding hydrogens is 166 g/mol. The molecule has 1 atom stereocenters. The number of carbonyl (C=O) groups is 1. The lowest BCUT2D eigenvalue weighted by Crippen LogP contribution is -2.37. The average molecular weight is 185 g/mol. The van der Waals surface area contributed by atoms with Crippen LogP contribution in [0.25, 0.3) is 0 Å². The average Bonchev–Trinajstić information content (AvgIpc) is 2.56. The van der Waals surface area contributed by atoms with Crippen LogP contribution in [-0.2, 0) is 4.79 Å². The molecule has 76 valence electrons. The summed E-state index contributed by atoms with van der Waals surface area (Å²) in [7, 11) is 0. The van der Waals surface area contributed by atoms with Gasteiger partial charge in [0.1, 0.15) is 0 Å². The lowest BCUT2D eigenvalue weighted by atomic mass is 10.1. The monoisotopic (exact) mass is 185 g/mol. The number of hydrogen-bond acceptors (Lipinski definition) is 3. The van der Waals surface area contributed by atoms with E-state index in [0.717, 1.165) is 13.0 Å². The molecule has 1 rings (SSSR count). The maximum Gasteiger partial charge on any atom is 0.234 e. The zero-order valence-electron chi connectivity index (χ0n) is 8.04. The molecule has 0 saturated carbocycles. The van der Waals surface area contributed by atoms with Crippen molar-refractivity contribution in [2.24, 2.45) is 11.5 Å². The Morgan fingerprint density at radius 2 is 2.00 bits per heavy atom. The molecule has 1 aliphatic heterocycles. The van der Waals surface area contributed by atoms with Crippen molar-refractivity contribution in [3.8, 4) is 0 Å². The van der Waals surface area contributed by atoms with Crippen LogP contribution in [0.3, 0.4) is 0 Å². The molecule has 0 spiro atoms. The standard InChI is InChI=1S/C9H19N3O/c10-8(9(11)13)4-3-7-12-5-1-2-6-12/h8H,1-7,10H2,(H2,11,13). The van der Waals surface area contributed by atoms with Gasteiger partial charge in [-0.1, -0.05) is 0 Å². The minimum absolute atomic E-state index is 0.388. The highest BCUT2D eigenvalue weighted by atomic mass is 16.1. The number of nitrogens with zero attached hydrogens (tertiary/aromatic N) is 1. The Morgan fingerprint density at radius 1 is 1.38 bits per heavy atom. The minimum atomic E-state index is -0.456. The molecule has 1 unspecified atom stereocenters. The molecule has 1 saturated heterocycles. The van der Waals surface area contributed by atoms with Gasteiger partial charge in [0.15, 0.2) is 0 Å². The van der Waals surface area contributed by atoms with E-state index in [4.69, 9.17) is 11.5 Å². The highest BCUT2D eigenvalue weighted by Crippen LogP contribution is 2.08. The first-order valence-corrected chi connectivity index (χ1v) is 4.97. The van der Waals surface area contributed by atoms with E-state index in [9.17, 15) is 4.79 Å². The molecule has 0 aromatic heterocycles. The van der Waals surface area contributed by atoms with E-state index in [-0.39, 0.29) is 5.91 Å². The van der Waals surface area contributed by atoms with E-state index in [2.05, 4.69) is 4.90 Å². The SMILES string of the molecule is NC(=O)C(N)CCCN1CCCC1. The van der Waals surface area contributed by atoms with Crippen molar-refractivity contribution in [3.63, 3.8) is 0 Å². The second kappa shape index (κ2) is 5.19. The van der Waals surface area contributed by atoms with E-state index in [1.54, 1.807) is 0 Å². The first kappa shape index (κ1) is 10.5. The summed E-state index contributed by atoms with van der Waals surface area (Å²) < 4.78 is 0. The maximum atomic E-state index is 10.6. The summed E-state index contributed by atoms with van der Waals surface area (Å²) in [4.78, 5) is 13.0. The zero-order chi connectivity index (χ0) is 9.68. The van der Waals surface area contributed by atoms with E-state index in [0.29, 0.717) is 6.42 Å².